The number of halogens is 4. The number of anilines is 5. The quantitative estimate of drug-likeness (QED) is 0.0384. The molecule has 2 fully saturated rings. The maximum atomic E-state index is 11.6. The molecule has 5 aliphatic rings. The number of nitrogens with two attached hydrogens (primary N) is 2. The summed E-state index contributed by atoms with van der Waals surface area (Å²) >= 11 is 12.9. The number of nitrogen functional groups attached to an aromatic ring is 2. The van der Waals surface area contributed by atoms with Gasteiger partial charge < -0.3 is 51.1 Å². The van der Waals surface area contributed by atoms with Crippen molar-refractivity contribution < 1.29 is 38.1 Å². The van der Waals surface area contributed by atoms with Crippen LogP contribution in [0.2, 0.25) is 0 Å². The number of amides is 3. The number of ether oxygens (including phenoxy) is 5. The Labute approximate surface area is 546 Å². The molecule has 2 aromatic heterocycles. The molecule has 0 radical (unpaired) electrons. The van der Waals surface area contributed by atoms with E-state index >= 15 is 0 Å². The third-order valence-electron chi connectivity index (χ3n) is 14.2. The predicted octanol–water partition coefficient (Wildman–Crippen LogP) is 12.7. The minimum Gasteiger partial charge on any atom is -0.489 e. The van der Waals surface area contributed by atoms with Gasteiger partial charge in [0.1, 0.15) is 48.7 Å². The van der Waals surface area contributed by atoms with E-state index in [1.54, 1.807) is 18.5 Å². The van der Waals surface area contributed by atoms with Crippen LogP contribution in [0.5, 0.6) is 17.2 Å². The van der Waals surface area contributed by atoms with Crippen LogP contribution in [0, 0.1) is 0 Å². The maximum absolute atomic E-state index is 11.6. The Hall–Kier alpha value is -6.17. The van der Waals surface area contributed by atoms with Crippen molar-refractivity contribution in [3.05, 3.63) is 180 Å². The fraction of sp³-hybridized carbons (Fsp3) is 0.379. The molecule has 0 saturated carbocycles. The number of nitrogens with one attached hydrogen (secondary N) is 3. The Morgan fingerprint density at radius 2 is 0.862 bits per heavy atom. The van der Waals surface area contributed by atoms with E-state index in [4.69, 9.17) is 35.2 Å². The van der Waals surface area contributed by atoms with Gasteiger partial charge in [0.15, 0.2) is 0 Å². The summed E-state index contributed by atoms with van der Waals surface area (Å²) in [5, 5.41) is 12.3. The number of allylic oxidation sites excluding steroid dienone is 4. The molecule has 10 rings (SSSR count). The van der Waals surface area contributed by atoms with Crippen LogP contribution in [0.15, 0.2) is 153 Å². The van der Waals surface area contributed by atoms with E-state index in [-0.39, 0.29) is 29.9 Å². The van der Waals surface area contributed by atoms with Gasteiger partial charge in [-0.05, 0) is 80.1 Å². The third kappa shape index (κ3) is 24.7. The fourth-order valence-electron chi connectivity index (χ4n) is 9.31. The summed E-state index contributed by atoms with van der Waals surface area (Å²) in [6.45, 7) is 13.9. The highest BCUT2D eigenvalue weighted by Gasteiger charge is 2.28. The third-order valence-corrected chi connectivity index (χ3v) is 15.8. The predicted molar refractivity (Wildman–Crippen MR) is 365 cm³/mol. The second kappa shape index (κ2) is 39.0. The summed E-state index contributed by atoms with van der Waals surface area (Å²) < 4.78 is 29.2. The van der Waals surface area contributed by atoms with Crippen LogP contribution in [-0.4, -0.2) is 130 Å². The average molecular weight is 1450 g/mol. The smallest absolute Gasteiger partial charge is 0.224 e. The molecule has 21 heteroatoms. The van der Waals surface area contributed by atoms with Crippen LogP contribution in [0.3, 0.4) is 0 Å². The second-order valence-corrected chi connectivity index (χ2v) is 23.2. The van der Waals surface area contributed by atoms with E-state index in [1.807, 2.05) is 103 Å². The first-order valence-corrected chi connectivity index (χ1v) is 33.5. The van der Waals surface area contributed by atoms with Crippen molar-refractivity contribution in [2.75, 3.05) is 108 Å². The number of morpholine rings is 2. The summed E-state index contributed by atoms with van der Waals surface area (Å²) in [5.41, 5.74) is 19.5. The molecule has 466 valence electrons. The van der Waals surface area contributed by atoms with E-state index in [9.17, 15) is 14.4 Å². The molecule has 87 heavy (non-hydrogen) atoms. The zero-order chi connectivity index (χ0) is 62.2. The van der Waals surface area contributed by atoms with E-state index in [1.165, 1.54) is 5.56 Å². The normalized spacial score (nSPS) is 19.0. The number of hydrogen-bond donors (Lipinski definition) is 5. The SMILES string of the molecule is BrC/C=C/CBr.C=CCBr.C[C@H]1CO[C@@H](c2ccc(N)nc2)CN1C/C=C/COc1ccc2c(c1)NC(=O)CC2.C[C@H]1CO[C@H](c2ccc(N)nc2)CN1C/C=C/COc1ccc2c(c1)NC(=O)CC2.O=C1CCc2ccc(OC/C=C/CBr)cc2N1. The summed E-state index contributed by atoms with van der Waals surface area (Å²) in [6.07, 6.45) is 25.8. The maximum Gasteiger partial charge on any atom is 0.224 e. The highest BCUT2D eigenvalue weighted by Crippen LogP contribution is 2.31. The van der Waals surface area contributed by atoms with Crippen molar-refractivity contribution in [3.8, 4) is 17.2 Å². The summed E-state index contributed by atoms with van der Waals surface area (Å²) in [5.74, 6) is 3.54. The van der Waals surface area contributed by atoms with E-state index < -0.39 is 0 Å². The lowest BCUT2D eigenvalue weighted by atomic mass is 10.0. The Kier molecular flexibility index (Phi) is 31.3. The number of pyridine rings is 2. The first-order valence-electron chi connectivity index (χ1n) is 29.0. The van der Waals surface area contributed by atoms with Crippen molar-refractivity contribution in [2.45, 2.75) is 76.7 Å². The van der Waals surface area contributed by atoms with Crippen LogP contribution in [0.4, 0.5) is 28.7 Å². The van der Waals surface area contributed by atoms with E-state index in [0.29, 0.717) is 76.0 Å². The summed E-state index contributed by atoms with van der Waals surface area (Å²) in [4.78, 5) is 47.5. The van der Waals surface area contributed by atoms with Crippen molar-refractivity contribution >= 4 is 110 Å². The van der Waals surface area contributed by atoms with Gasteiger partial charge in [-0.15, -0.1) is 6.58 Å². The number of carbonyl (C=O) groups is 3. The van der Waals surface area contributed by atoms with Crippen LogP contribution < -0.4 is 41.6 Å². The molecule has 7 heterocycles. The molecule has 5 aromatic rings. The number of carbonyl (C=O) groups excluding carboxylic acids is 3. The topological polar surface area (TPSA) is 218 Å². The number of aromatic nitrogens is 2. The highest BCUT2D eigenvalue weighted by atomic mass is 79.9. The van der Waals surface area contributed by atoms with Gasteiger partial charge in [0, 0.05) is 138 Å². The Morgan fingerprint density at radius 3 is 1.18 bits per heavy atom. The lowest BCUT2D eigenvalue weighted by Crippen LogP contribution is -2.45. The van der Waals surface area contributed by atoms with Crippen molar-refractivity contribution in [3.63, 3.8) is 0 Å². The Morgan fingerprint density at radius 1 is 0.517 bits per heavy atom. The molecule has 0 unspecified atom stereocenters. The molecular weight excluding hydrogens is 1370 g/mol. The monoisotopic (exact) mass is 1440 g/mol. The van der Waals surface area contributed by atoms with Gasteiger partial charge in [-0.1, -0.05) is 149 Å². The zero-order valence-corrected chi connectivity index (χ0v) is 55.9. The molecule has 0 spiro atoms. The van der Waals surface area contributed by atoms with Crippen molar-refractivity contribution in [1.82, 2.24) is 19.8 Å². The number of benzene rings is 3. The van der Waals surface area contributed by atoms with Crippen LogP contribution >= 0.6 is 63.7 Å². The molecule has 7 N–H and O–H groups in total. The molecular formula is C66H81Br4N9O8. The van der Waals surface area contributed by atoms with Crippen LogP contribution in [0.25, 0.3) is 0 Å². The molecule has 0 bridgehead atoms. The molecule has 5 aliphatic heterocycles. The largest absolute Gasteiger partial charge is 0.489 e. The van der Waals surface area contributed by atoms with Gasteiger partial charge in [0.05, 0.1) is 25.4 Å². The van der Waals surface area contributed by atoms with Crippen molar-refractivity contribution in [1.29, 1.82) is 0 Å². The molecule has 2 saturated heterocycles. The van der Waals surface area contributed by atoms with Gasteiger partial charge >= 0.3 is 0 Å². The summed E-state index contributed by atoms with van der Waals surface area (Å²) in [6, 6.07) is 25.9. The average Bonchev–Trinajstić information content (AvgIpc) is 3.22. The van der Waals surface area contributed by atoms with Gasteiger partial charge in [-0.25, -0.2) is 9.97 Å². The standard InChI is InChI=1S/2C23H28N4O3.C13H14BrNO2.C4H6Br2.C3H5Br/c2*1-16-15-30-21(18-5-8-22(24)25-13-18)14-27(16)10-2-3-11-29-19-7-4-17-6-9-23(28)26-20(17)12-19;14-7-1-2-8-17-11-5-3-10-4-6-13(16)15-12(10)9-11;5-3-1-2-4-6;1-2-3-4/h2*2-5,7-8,12-13,16,21H,6,9-11,14-15H2,1H3,(H2,24,25)(H,26,28);1-3,5,9H,4,6-8H2,(H,15,16);1-2H,3-4H2;2H,1,3H2/b2*3-2+;2*2-1+;/t16-,21+;16-,21-;;;/m00.../s1. The summed E-state index contributed by atoms with van der Waals surface area (Å²) in [7, 11) is 0. The molecule has 0 aliphatic carbocycles. The Bertz CT molecular complexity index is 2920. The highest BCUT2D eigenvalue weighted by molar-refractivity contribution is 9.09. The fourth-order valence-corrected chi connectivity index (χ4v) is 10.1. The van der Waals surface area contributed by atoms with Gasteiger partial charge in [0.25, 0.3) is 0 Å². The van der Waals surface area contributed by atoms with E-state index in [0.717, 1.165) is 123 Å². The number of alkyl halides is 4. The molecule has 3 aromatic carbocycles. The first kappa shape index (κ1) is 69.9. The lowest BCUT2D eigenvalue weighted by Gasteiger charge is -2.37. The molecule has 3 amide bonds. The van der Waals surface area contributed by atoms with Crippen LogP contribution in [-0.2, 0) is 43.1 Å². The number of aryl methyl sites for hydroxylation is 3. The molecule has 4 atom stereocenters. The minimum atomic E-state index is 0.00431. The second-order valence-electron chi connectivity index (χ2n) is 20.6. The first-order chi connectivity index (χ1) is 42.3. The zero-order valence-electron chi connectivity index (χ0n) is 49.5. The number of rotatable bonds is 19. The van der Waals surface area contributed by atoms with Crippen molar-refractivity contribution in [2.24, 2.45) is 0 Å². The minimum absolute atomic E-state index is 0.00431. The molecule has 17 nitrogen and oxygen atoms in total. The van der Waals surface area contributed by atoms with Gasteiger partial charge in [0.2, 0.25) is 17.7 Å². The number of nitrogens with zero attached hydrogens (tertiary/aromatic N) is 4. The lowest BCUT2D eigenvalue weighted by molar-refractivity contribution is -0.117. The van der Waals surface area contributed by atoms with Crippen LogP contribution in [0.1, 0.15) is 73.1 Å². The number of hydrogen-bond acceptors (Lipinski definition) is 14. The van der Waals surface area contributed by atoms with Gasteiger partial charge in [-0.2, -0.15) is 0 Å². The Balaban J connectivity index is 0.000000199. The van der Waals surface area contributed by atoms with Gasteiger partial charge in [-0.3, -0.25) is 24.2 Å². The van der Waals surface area contributed by atoms with E-state index in [2.05, 4.69) is 144 Å². The number of fused-ring (bicyclic) bond motifs is 3.